The van der Waals surface area contributed by atoms with Crippen LogP contribution in [0, 0.1) is 0 Å². The number of amides is 1. The summed E-state index contributed by atoms with van der Waals surface area (Å²) in [6.45, 7) is 10.9. The van der Waals surface area contributed by atoms with E-state index in [1.54, 1.807) is 6.08 Å². The number of piperidine rings is 1. The van der Waals surface area contributed by atoms with E-state index in [9.17, 15) is 4.79 Å². The number of fused-ring (bicyclic) bond motifs is 1. The summed E-state index contributed by atoms with van der Waals surface area (Å²) in [5, 5.41) is 0. The van der Waals surface area contributed by atoms with E-state index in [2.05, 4.69) is 28.5 Å². The van der Waals surface area contributed by atoms with E-state index in [1.807, 2.05) is 35.2 Å². The third-order valence-corrected chi connectivity index (χ3v) is 6.84. The first kappa shape index (κ1) is 21.0. The third kappa shape index (κ3) is 4.52. The third-order valence-electron chi connectivity index (χ3n) is 6.84. The van der Waals surface area contributed by atoms with Crippen LogP contribution in [-0.2, 0) is 6.54 Å². The van der Waals surface area contributed by atoms with E-state index in [0.717, 1.165) is 74.9 Å². The van der Waals surface area contributed by atoms with Crippen LogP contribution in [0.3, 0.4) is 0 Å². The number of carbonyl (C=O) groups is 1. The molecule has 3 heterocycles. The molecule has 168 valence electrons. The first-order valence-corrected chi connectivity index (χ1v) is 11.6. The van der Waals surface area contributed by atoms with Crippen LogP contribution in [0.25, 0.3) is 6.08 Å². The van der Waals surface area contributed by atoms with E-state index in [1.165, 1.54) is 12.0 Å². The minimum atomic E-state index is 0.145. The van der Waals surface area contributed by atoms with Crippen molar-refractivity contribution in [2.75, 3.05) is 46.1 Å². The molecule has 6 heteroatoms. The summed E-state index contributed by atoms with van der Waals surface area (Å²) in [5.41, 5.74) is 3.07. The Hall–Kier alpha value is -2.83. The average molecular weight is 434 g/mol. The molecule has 0 saturated carbocycles. The summed E-state index contributed by atoms with van der Waals surface area (Å²) >= 11 is 0. The molecule has 0 spiro atoms. The second kappa shape index (κ2) is 9.35. The van der Waals surface area contributed by atoms with Gasteiger partial charge in [0.15, 0.2) is 11.5 Å². The van der Waals surface area contributed by atoms with Crippen molar-refractivity contribution < 1.29 is 14.3 Å². The summed E-state index contributed by atoms with van der Waals surface area (Å²) in [5.74, 6) is 1.84. The van der Waals surface area contributed by atoms with Gasteiger partial charge in [-0.15, -0.1) is 0 Å². The Balaban J connectivity index is 1.14. The fraction of sp³-hybridized carbons (Fsp3) is 0.423. The molecule has 2 fully saturated rings. The Bertz CT molecular complexity index is 967. The van der Waals surface area contributed by atoms with Crippen LogP contribution < -0.4 is 9.47 Å². The van der Waals surface area contributed by atoms with E-state index in [0.29, 0.717) is 12.8 Å². The van der Waals surface area contributed by atoms with Crippen molar-refractivity contribution in [1.29, 1.82) is 0 Å². The predicted octanol–water partition coefficient (Wildman–Crippen LogP) is 3.48. The van der Waals surface area contributed by atoms with Gasteiger partial charge in [-0.1, -0.05) is 30.9 Å². The zero-order chi connectivity index (χ0) is 21.9. The smallest absolute Gasteiger partial charge is 0.253 e. The summed E-state index contributed by atoms with van der Waals surface area (Å²) in [7, 11) is 0. The lowest BCUT2D eigenvalue weighted by Crippen LogP contribution is -2.55. The minimum Gasteiger partial charge on any atom is -0.454 e. The molecule has 2 saturated heterocycles. The topological polar surface area (TPSA) is 45.3 Å². The van der Waals surface area contributed by atoms with Gasteiger partial charge in [0.05, 0.1) is 0 Å². The number of likely N-dealkylation sites (tertiary alicyclic amines) is 1. The van der Waals surface area contributed by atoms with E-state index < -0.39 is 0 Å². The molecule has 2 aromatic rings. The number of hydrogen-bond acceptors (Lipinski definition) is 5. The van der Waals surface area contributed by atoms with Crippen molar-refractivity contribution in [1.82, 2.24) is 14.7 Å². The highest BCUT2D eigenvalue weighted by Crippen LogP contribution is 2.33. The lowest BCUT2D eigenvalue weighted by molar-refractivity contribution is 0.0407. The van der Waals surface area contributed by atoms with Crippen molar-refractivity contribution >= 4 is 12.0 Å². The van der Waals surface area contributed by atoms with Gasteiger partial charge in [0.1, 0.15) is 0 Å². The first-order chi connectivity index (χ1) is 15.7. The Morgan fingerprint density at radius 3 is 2.56 bits per heavy atom. The molecule has 2 aromatic carbocycles. The fourth-order valence-corrected chi connectivity index (χ4v) is 4.97. The van der Waals surface area contributed by atoms with Gasteiger partial charge in [-0.3, -0.25) is 14.6 Å². The van der Waals surface area contributed by atoms with E-state index >= 15 is 0 Å². The lowest BCUT2D eigenvalue weighted by Gasteiger charge is -2.43. The van der Waals surface area contributed by atoms with Crippen LogP contribution in [-0.4, -0.2) is 72.7 Å². The lowest BCUT2D eigenvalue weighted by atomic mass is 10.0. The van der Waals surface area contributed by atoms with E-state index in [4.69, 9.17) is 9.47 Å². The Morgan fingerprint density at radius 1 is 1.00 bits per heavy atom. The van der Waals surface area contributed by atoms with Crippen molar-refractivity contribution in [3.63, 3.8) is 0 Å². The zero-order valence-corrected chi connectivity index (χ0v) is 18.5. The number of ether oxygens (including phenoxy) is 2. The molecule has 0 bridgehead atoms. The molecular weight excluding hydrogens is 402 g/mol. The van der Waals surface area contributed by atoms with Crippen molar-refractivity contribution in [3.8, 4) is 11.5 Å². The van der Waals surface area contributed by atoms with Gasteiger partial charge in [0.2, 0.25) is 6.79 Å². The van der Waals surface area contributed by atoms with Crippen molar-refractivity contribution in [2.45, 2.75) is 25.4 Å². The molecule has 0 radical (unpaired) electrons. The standard InChI is InChI=1S/C26H31N3O3/c1-2-20-5-8-22(9-6-20)26(30)29-11-3-4-23(18-29)28-14-12-27(13-15-28)17-21-7-10-24-25(16-21)32-19-31-24/h2,5-10,16,23H,1,3-4,11-15,17-19H2. The van der Waals surface area contributed by atoms with Gasteiger partial charge >= 0.3 is 0 Å². The van der Waals surface area contributed by atoms with Gasteiger partial charge in [-0.05, 0) is 48.2 Å². The quantitative estimate of drug-likeness (QED) is 0.723. The summed E-state index contributed by atoms with van der Waals surface area (Å²) in [6.07, 6.45) is 4.04. The fourth-order valence-electron chi connectivity index (χ4n) is 4.97. The number of hydrogen-bond donors (Lipinski definition) is 0. The molecule has 0 aromatic heterocycles. The average Bonchev–Trinajstić information content (AvgIpc) is 3.32. The van der Waals surface area contributed by atoms with Crippen molar-refractivity contribution in [3.05, 3.63) is 65.7 Å². The van der Waals surface area contributed by atoms with Crippen LogP contribution >= 0.6 is 0 Å². The number of rotatable bonds is 5. The van der Waals surface area contributed by atoms with E-state index in [-0.39, 0.29) is 5.91 Å². The highest BCUT2D eigenvalue weighted by molar-refractivity contribution is 5.94. The maximum atomic E-state index is 13.0. The number of nitrogens with zero attached hydrogens (tertiary/aromatic N) is 3. The predicted molar refractivity (Wildman–Crippen MR) is 125 cm³/mol. The number of carbonyl (C=O) groups excluding carboxylic acids is 1. The van der Waals surface area contributed by atoms with Gasteiger partial charge in [-0.2, -0.15) is 0 Å². The molecular formula is C26H31N3O3. The Kier molecular flexibility index (Phi) is 6.14. The summed E-state index contributed by atoms with van der Waals surface area (Å²) in [6, 6.07) is 14.4. The van der Waals surface area contributed by atoms with Gasteiger partial charge in [0.25, 0.3) is 5.91 Å². The highest BCUT2D eigenvalue weighted by Gasteiger charge is 2.30. The second-order valence-corrected chi connectivity index (χ2v) is 8.87. The molecule has 5 rings (SSSR count). The van der Waals surface area contributed by atoms with Gasteiger partial charge in [0, 0.05) is 57.4 Å². The molecule has 32 heavy (non-hydrogen) atoms. The van der Waals surface area contributed by atoms with Crippen LogP contribution in [0.1, 0.15) is 34.3 Å². The molecule has 3 aliphatic heterocycles. The molecule has 6 nitrogen and oxygen atoms in total. The van der Waals surface area contributed by atoms with Crippen LogP contribution in [0.4, 0.5) is 0 Å². The maximum Gasteiger partial charge on any atom is 0.253 e. The first-order valence-electron chi connectivity index (χ1n) is 11.6. The van der Waals surface area contributed by atoms with Crippen LogP contribution in [0.5, 0.6) is 11.5 Å². The van der Waals surface area contributed by atoms with Gasteiger partial charge < -0.3 is 14.4 Å². The van der Waals surface area contributed by atoms with Crippen LogP contribution in [0.15, 0.2) is 49.0 Å². The number of benzene rings is 2. The molecule has 1 amide bonds. The molecule has 3 aliphatic rings. The molecule has 0 aliphatic carbocycles. The zero-order valence-electron chi connectivity index (χ0n) is 18.5. The largest absolute Gasteiger partial charge is 0.454 e. The highest BCUT2D eigenvalue weighted by atomic mass is 16.7. The second-order valence-electron chi connectivity index (χ2n) is 8.87. The Morgan fingerprint density at radius 2 is 1.78 bits per heavy atom. The summed E-state index contributed by atoms with van der Waals surface area (Å²) in [4.78, 5) is 20.1. The number of piperazine rings is 1. The normalized spacial score (nSPS) is 21.5. The molecule has 0 N–H and O–H groups in total. The molecule has 1 unspecified atom stereocenters. The van der Waals surface area contributed by atoms with Crippen molar-refractivity contribution in [2.24, 2.45) is 0 Å². The monoisotopic (exact) mass is 433 g/mol. The van der Waals surface area contributed by atoms with Gasteiger partial charge in [-0.25, -0.2) is 0 Å². The summed E-state index contributed by atoms with van der Waals surface area (Å²) < 4.78 is 10.9. The SMILES string of the molecule is C=Cc1ccc(C(=O)N2CCCC(N3CCN(Cc4ccc5c(c4)OCO5)CC3)C2)cc1. The maximum absolute atomic E-state index is 13.0. The Labute approximate surface area is 190 Å². The van der Waals surface area contributed by atoms with Crippen LogP contribution in [0.2, 0.25) is 0 Å². The minimum absolute atomic E-state index is 0.145. The molecule has 1 atom stereocenters.